The summed E-state index contributed by atoms with van der Waals surface area (Å²) in [5.74, 6) is 0. The van der Waals surface area contributed by atoms with Crippen LogP contribution in [-0.2, 0) is 9.84 Å². The number of hydrogen-bond acceptors (Lipinski definition) is 3. The maximum atomic E-state index is 12.7. The summed E-state index contributed by atoms with van der Waals surface area (Å²) < 4.78 is 25.4. The Hall–Kier alpha value is -0.870. The van der Waals surface area contributed by atoms with E-state index in [2.05, 4.69) is 12.2 Å². The van der Waals surface area contributed by atoms with Crippen molar-refractivity contribution in [2.75, 3.05) is 6.54 Å². The van der Waals surface area contributed by atoms with Crippen LogP contribution in [0.3, 0.4) is 0 Å². The van der Waals surface area contributed by atoms with Gasteiger partial charge >= 0.3 is 0 Å². The molecule has 2 unspecified atom stereocenters. The van der Waals surface area contributed by atoms with Gasteiger partial charge in [-0.3, -0.25) is 0 Å². The normalized spacial score (nSPS) is 15.1. The minimum absolute atomic E-state index is 0.00144. The standard InChI is InChI=1S/C16H27NO2S/c1-6-10-17-16(7-2)14(5)20(18,19)15-9-8-12(3)13(4)11-15/h8-9,11,14,16-17H,6-7,10H2,1-5H3. The predicted octanol–water partition coefficient (Wildman–Crippen LogP) is 3.24. The minimum atomic E-state index is -3.28. The molecule has 1 aromatic carbocycles. The first-order valence-electron chi connectivity index (χ1n) is 7.39. The van der Waals surface area contributed by atoms with Gasteiger partial charge in [-0.2, -0.15) is 0 Å². The molecule has 4 heteroatoms. The first kappa shape index (κ1) is 17.2. The molecule has 0 bridgehead atoms. The number of nitrogens with one attached hydrogen (secondary N) is 1. The summed E-state index contributed by atoms with van der Waals surface area (Å²) >= 11 is 0. The number of rotatable bonds is 7. The zero-order valence-electron chi connectivity index (χ0n) is 13.2. The highest BCUT2D eigenvalue weighted by Gasteiger charge is 2.29. The summed E-state index contributed by atoms with van der Waals surface area (Å²) in [4.78, 5) is 0.435. The molecule has 1 aromatic rings. The lowest BCUT2D eigenvalue weighted by atomic mass is 10.1. The molecule has 2 atom stereocenters. The average Bonchev–Trinajstić information content (AvgIpc) is 2.42. The SMILES string of the molecule is CCCNC(CC)C(C)S(=O)(=O)c1ccc(C)c(C)c1. The van der Waals surface area contributed by atoms with Crippen molar-refractivity contribution >= 4 is 9.84 Å². The van der Waals surface area contributed by atoms with E-state index in [0.29, 0.717) is 4.90 Å². The van der Waals surface area contributed by atoms with E-state index in [-0.39, 0.29) is 6.04 Å². The van der Waals surface area contributed by atoms with Crippen molar-refractivity contribution in [3.05, 3.63) is 29.3 Å². The van der Waals surface area contributed by atoms with Gasteiger partial charge < -0.3 is 5.32 Å². The maximum Gasteiger partial charge on any atom is 0.182 e. The van der Waals surface area contributed by atoms with E-state index < -0.39 is 15.1 Å². The van der Waals surface area contributed by atoms with Crippen molar-refractivity contribution in [3.8, 4) is 0 Å². The second-order valence-electron chi connectivity index (χ2n) is 5.47. The fraction of sp³-hybridized carbons (Fsp3) is 0.625. The highest BCUT2D eigenvalue weighted by molar-refractivity contribution is 7.92. The molecule has 0 aliphatic heterocycles. The summed E-state index contributed by atoms with van der Waals surface area (Å²) in [5, 5.41) is 2.93. The van der Waals surface area contributed by atoms with Crippen LogP contribution in [0, 0.1) is 13.8 Å². The summed E-state index contributed by atoms with van der Waals surface area (Å²) in [6.45, 7) is 10.7. The highest BCUT2D eigenvalue weighted by atomic mass is 32.2. The zero-order valence-corrected chi connectivity index (χ0v) is 14.0. The Bertz CT molecular complexity index is 537. The van der Waals surface area contributed by atoms with Gasteiger partial charge in [-0.15, -0.1) is 0 Å². The number of benzene rings is 1. The smallest absolute Gasteiger partial charge is 0.182 e. The Balaban J connectivity index is 3.04. The van der Waals surface area contributed by atoms with E-state index in [9.17, 15) is 8.42 Å². The molecule has 0 fully saturated rings. The molecule has 0 aromatic heterocycles. The zero-order chi connectivity index (χ0) is 15.3. The Labute approximate surface area is 123 Å². The Morgan fingerprint density at radius 2 is 1.80 bits per heavy atom. The lowest BCUT2D eigenvalue weighted by Crippen LogP contribution is -2.42. The van der Waals surface area contributed by atoms with Crippen molar-refractivity contribution in [2.45, 2.75) is 63.6 Å². The van der Waals surface area contributed by atoms with Gasteiger partial charge in [0.05, 0.1) is 10.1 Å². The van der Waals surface area contributed by atoms with Crippen LogP contribution < -0.4 is 5.32 Å². The predicted molar refractivity (Wildman–Crippen MR) is 84.9 cm³/mol. The number of sulfone groups is 1. The third kappa shape index (κ3) is 3.83. The van der Waals surface area contributed by atoms with Gasteiger partial charge in [-0.25, -0.2) is 8.42 Å². The second-order valence-corrected chi connectivity index (χ2v) is 7.77. The molecule has 0 aliphatic carbocycles. The fourth-order valence-corrected chi connectivity index (χ4v) is 4.04. The summed E-state index contributed by atoms with van der Waals surface area (Å²) in [6.07, 6.45) is 1.82. The van der Waals surface area contributed by atoms with E-state index in [1.165, 1.54) is 0 Å². The number of aryl methyl sites for hydroxylation is 2. The summed E-state index contributed by atoms with van der Waals surface area (Å²) in [5.41, 5.74) is 2.14. The molecule has 1 rings (SSSR count). The summed E-state index contributed by atoms with van der Waals surface area (Å²) in [7, 11) is -3.28. The molecule has 20 heavy (non-hydrogen) atoms. The van der Waals surface area contributed by atoms with Crippen LogP contribution in [0.5, 0.6) is 0 Å². The highest BCUT2D eigenvalue weighted by Crippen LogP contribution is 2.22. The van der Waals surface area contributed by atoms with Crippen molar-refractivity contribution in [1.82, 2.24) is 5.32 Å². The van der Waals surface area contributed by atoms with Crippen LogP contribution in [0.4, 0.5) is 0 Å². The largest absolute Gasteiger partial charge is 0.313 e. The molecular weight excluding hydrogens is 270 g/mol. The van der Waals surface area contributed by atoms with Gasteiger partial charge in [0.2, 0.25) is 0 Å². The van der Waals surface area contributed by atoms with Gasteiger partial charge in [-0.1, -0.05) is 19.9 Å². The summed E-state index contributed by atoms with van der Waals surface area (Å²) in [6, 6.07) is 5.39. The van der Waals surface area contributed by atoms with Crippen molar-refractivity contribution in [2.24, 2.45) is 0 Å². The van der Waals surface area contributed by atoms with Gasteiger partial charge in [0.1, 0.15) is 0 Å². The molecule has 0 heterocycles. The van der Waals surface area contributed by atoms with Gasteiger partial charge in [-0.05, 0) is 63.4 Å². The van der Waals surface area contributed by atoms with E-state index in [1.54, 1.807) is 19.1 Å². The first-order chi connectivity index (χ1) is 9.34. The minimum Gasteiger partial charge on any atom is -0.313 e. The molecule has 0 saturated heterocycles. The molecular formula is C16H27NO2S. The number of hydrogen-bond donors (Lipinski definition) is 1. The monoisotopic (exact) mass is 297 g/mol. The van der Waals surface area contributed by atoms with Crippen LogP contribution in [-0.4, -0.2) is 26.3 Å². The molecule has 3 nitrogen and oxygen atoms in total. The molecule has 0 radical (unpaired) electrons. The maximum absolute atomic E-state index is 12.7. The lowest BCUT2D eigenvalue weighted by Gasteiger charge is -2.24. The van der Waals surface area contributed by atoms with Crippen molar-refractivity contribution in [1.29, 1.82) is 0 Å². The molecule has 0 saturated carbocycles. The van der Waals surface area contributed by atoms with Crippen LogP contribution in [0.25, 0.3) is 0 Å². The van der Waals surface area contributed by atoms with E-state index >= 15 is 0 Å². The first-order valence-corrected chi connectivity index (χ1v) is 8.93. The van der Waals surface area contributed by atoms with Gasteiger partial charge in [0, 0.05) is 6.04 Å². The van der Waals surface area contributed by atoms with E-state index in [4.69, 9.17) is 0 Å². The molecule has 0 amide bonds. The van der Waals surface area contributed by atoms with Gasteiger partial charge in [0.25, 0.3) is 0 Å². The van der Waals surface area contributed by atoms with Crippen LogP contribution in [0.15, 0.2) is 23.1 Å². The topological polar surface area (TPSA) is 46.2 Å². The van der Waals surface area contributed by atoms with Crippen molar-refractivity contribution in [3.63, 3.8) is 0 Å². The molecule has 0 spiro atoms. The Morgan fingerprint density at radius 1 is 1.15 bits per heavy atom. The van der Waals surface area contributed by atoms with E-state index in [0.717, 1.165) is 30.5 Å². The average molecular weight is 297 g/mol. The third-order valence-corrected chi connectivity index (χ3v) is 6.18. The van der Waals surface area contributed by atoms with Crippen LogP contribution in [0.1, 0.15) is 44.7 Å². The van der Waals surface area contributed by atoms with Crippen molar-refractivity contribution < 1.29 is 8.42 Å². The molecule has 114 valence electrons. The van der Waals surface area contributed by atoms with Crippen LogP contribution in [0.2, 0.25) is 0 Å². The van der Waals surface area contributed by atoms with Crippen LogP contribution >= 0.6 is 0 Å². The molecule has 0 aliphatic rings. The van der Waals surface area contributed by atoms with Gasteiger partial charge in [0.15, 0.2) is 9.84 Å². The quantitative estimate of drug-likeness (QED) is 0.840. The Kier molecular flexibility index (Phi) is 6.21. The Morgan fingerprint density at radius 3 is 2.30 bits per heavy atom. The third-order valence-electron chi connectivity index (χ3n) is 3.96. The van der Waals surface area contributed by atoms with E-state index in [1.807, 2.05) is 26.8 Å². The fourth-order valence-electron chi connectivity index (χ4n) is 2.29. The molecule has 1 N–H and O–H groups in total. The second kappa shape index (κ2) is 7.23. The lowest BCUT2D eigenvalue weighted by molar-refractivity contribution is 0.472.